The van der Waals surface area contributed by atoms with Crippen LogP contribution in [-0.4, -0.2) is 0 Å². The molecular formula is C8H4FIS2. The first-order valence-electron chi connectivity index (χ1n) is 3.24. The molecule has 0 bridgehead atoms. The first-order chi connectivity index (χ1) is 5.66. The third-order valence-electron chi connectivity index (χ3n) is 1.54. The van der Waals surface area contributed by atoms with Crippen LogP contribution in [0.3, 0.4) is 0 Å². The Morgan fingerprint density at radius 1 is 1.33 bits per heavy atom. The summed E-state index contributed by atoms with van der Waals surface area (Å²) in [4.78, 5) is 0. The minimum absolute atomic E-state index is 0.179. The molecule has 2 aromatic rings. The molecule has 0 N–H and O–H groups in total. The summed E-state index contributed by atoms with van der Waals surface area (Å²) < 4.78 is 15.7. The first-order valence-corrected chi connectivity index (χ1v) is 5.58. The van der Waals surface area contributed by atoms with Gasteiger partial charge in [-0.3, -0.25) is 0 Å². The van der Waals surface area contributed by atoms with Gasteiger partial charge in [0.1, 0.15) is 5.82 Å². The van der Waals surface area contributed by atoms with E-state index in [0.717, 1.165) is 17.9 Å². The van der Waals surface area contributed by atoms with Gasteiger partial charge in [-0.25, -0.2) is 4.39 Å². The molecule has 0 unspecified atom stereocenters. The van der Waals surface area contributed by atoms with Crippen LogP contribution in [0.4, 0.5) is 4.39 Å². The molecule has 0 aliphatic rings. The fourth-order valence-corrected chi connectivity index (χ4v) is 3.25. The van der Waals surface area contributed by atoms with Gasteiger partial charge in [0.15, 0.2) is 0 Å². The monoisotopic (exact) mass is 310 g/mol. The smallest absolute Gasteiger partial charge is 0.125 e. The molecule has 0 radical (unpaired) electrons. The maximum Gasteiger partial charge on any atom is 0.125 e. The summed E-state index contributed by atoms with van der Waals surface area (Å²) >= 11 is 7.85. The number of thiophene rings is 1. The van der Waals surface area contributed by atoms with Crippen molar-refractivity contribution < 1.29 is 4.39 Å². The van der Waals surface area contributed by atoms with E-state index in [-0.39, 0.29) is 5.82 Å². The molecule has 4 heteroatoms. The summed E-state index contributed by atoms with van der Waals surface area (Å²) in [5.74, 6) is -0.179. The summed E-state index contributed by atoms with van der Waals surface area (Å²) in [7, 11) is 0. The Balaban J connectivity index is 2.88. The summed E-state index contributed by atoms with van der Waals surface area (Å²) in [6.07, 6.45) is 0. The van der Waals surface area contributed by atoms with Crippen molar-refractivity contribution in [2.75, 3.05) is 0 Å². The van der Waals surface area contributed by atoms with Crippen LogP contribution >= 0.6 is 46.6 Å². The van der Waals surface area contributed by atoms with E-state index in [2.05, 4.69) is 35.2 Å². The second-order valence-corrected chi connectivity index (χ2v) is 5.41. The average molecular weight is 310 g/mol. The third-order valence-corrected chi connectivity index (χ3v) is 3.72. The van der Waals surface area contributed by atoms with Crippen molar-refractivity contribution >= 4 is 56.6 Å². The molecule has 0 nitrogen and oxygen atoms in total. The van der Waals surface area contributed by atoms with Crippen LogP contribution in [0, 0.1) is 9.39 Å². The fourth-order valence-electron chi connectivity index (χ4n) is 1.05. The molecule has 0 amide bonds. The Kier molecular flexibility index (Phi) is 2.31. The number of halogens is 2. The zero-order valence-electron chi connectivity index (χ0n) is 5.84. The van der Waals surface area contributed by atoms with E-state index < -0.39 is 0 Å². The quantitative estimate of drug-likeness (QED) is 0.553. The Labute approximate surface area is 92.3 Å². The van der Waals surface area contributed by atoms with Gasteiger partial charge in [0.05, 0.1) is 4.21 Å². The zero-order valence-corrected chi connectivity index (χ0v) is 9.71. The van der Waals surface area contributed by atoms with Gasteiger partial charge in [-0.2, -0.15) is 0 Å². The maximum absolute atomic E-state index is 12.9. The van der Waals surface area contributed by atoms with Gasteiger partial charge in [-0.15, -0.1) is 24.0 Å². The third kappa shape index (κ3) is 1.47. The minimum Gasteiger partial charge on any atom is -0.207 e. The second kappa shape index (κ2) is 3.16. The maximum atomic E-state index is 12.9. The SMILES string of the molecule is Fc1cc(I)c2cc(S)sc2c1. The summed E-state index contributed by atoms with van der Waals surface area (Å²) in [5, 5.41) is 1.09. The van der Waals surface area contributed by atoms with Crippen molar-refractivity contribution in [2.24, 2.45) is 0 Å². The Bertz CT molecular complexity index is 436. The van der Waals surface area contributed by atoms with Crippen molar-refractivity contribution in [3.63, 3.8) is 0 Å². The predicted molar refractivity (Wildman–Crippen MR) is 61.8 cm³/mol. The largest absolute Gasteiger partial charge is 0.207 e. The predicted octanol–water partition coefficient (Wildman–Crippen LogP) is 3.93. The van der Waals surface area contributed by atoms with Crippen LogP contribution in [-0.2, 0) is 0 Å². The van der Waals surface area contributed by atoms with Crippen LogP contribution in [0.5, 0.6) is 0 Å². The summed E-state index contributed by atoms with van der Waals surface area (Å²) in [5.41, 5.74) is 0. The van der Waals surface area contributed by atoms with Gasteiger partial charge < -0.3 is 0 Å². The molecule has 1 heterocycles. The molecule has 0 fully saturated rings. The number of rotatable bonds is 0. The molecule has 0 spiro atoms. The Hall–Kier alpha value is 0.190. The molecule has 0 saturated heterocycles. The van der Waals surface area contributed by atoms with Crippen molar-refractivity contribution in [1.29, 1.82) is 0 Å². The lowest BCUT2D eigenvalue weighted by molar-refractivity contribution is 0.629. The zero-order chi connectivity index (χ0) is 8.72. The first kappa shape index (κ1) is 8.77. The van der Waals surface area contributed by atoms with Crippen molar-refractivity contribution in [1.82, 2.24) is 0 Å². The van der Waals surface area contributed by atoms with E-state index >= 15 is 0 Å². The standard InChI is InChI=1S/C8H4FIS2/c9-4-1-6(10)5-3-8(11)12-7(5)2-4/h1-3,11H. The van der Waals surface area contributed by atoms with Crippen molar-refractivity contribution in [3.05, 3.63) is 27.6 Å². The van der Waals surface area contributed by atoms with Crippen LogP contribution in [0.2, 0.25) is 0 Å². The van der Waals surface area contributed by atoms with Gasteiger partial charge in [-0.05, 0) is 40.8 Å². The number of thiol groups is 1. The lowest BCUT2D eigenvalue weighted by Gasteiger charge is -1.93. The number of fused-ring (bicyclic) bond motifs is 1. The molecule has 1 aromatic carbocycles. The highest BCUT2D eigenvalue weighted by Gasteiger charge is 2.04. The topological polar surface area (TPSA) is 0 Å². The van der Waals surface area contributed by atoms with Crippen LogP contribution in [0.15, 0.2) is 22.4 Å². The minimum atomic E-state index is -0.179. The van der Waals surface area contributed by atoms with Gasteiger partial charge in [0, 0.05) is 13.7 Å². The van der Waals surface area contributed by atoms with E-state index in [1.165, 1.54) is 17.4 Å². The lowest BCUT2D eigenvalue weighted by Crippen LogP contribution is -1.75. The van der Waals surface area contributed by atoms with E-state index in [9.17, 15) is 4.39 Å². The van der Waals surface area contributed by atoms with E-state index in [1.54, 1.807) is 6.07 Å². The highest BCUT2D eigenvalue weighted by atomic mass is 127. The number of hydrogen-bond donors (Lipinski definition) is 1. The van der Waals surface area contributed by atoms with Crippen molar-refractivity contribution in [3.8, 4) is 0 Å². The molecule has 2 rings (SSSR count). The highest BCUT2D eigenvalue weighted by Crippen LogP contribution is 2.31. The van der Waals surface area contributed by atoms with Gasteiger partial charge >= 0.3 is 0 Å². The van der Waals surface area contributed by atoms with E-state index in [4.69, 9.17) is 0 Å². The molecule has 0 saturated carbocycles. The Morgan fingerprint density at radius 3 is 2.83 bits per heavy atom. The molecule has 0 aliphatic carbocycles. The molecular weight excluding hydrogens is 306 g/mol. The molecule has 62 valence electrons. The van der Waals surface area contributed by atoms with Gasteiger partial charge in [0.25, 0.3) is 0 Å². The van der Waals surface area contributed by atoms with E-state index in [1.807, 2.05) is 6.07 Å². The van der Waals surface area contributed by atoms with Crippen LogP contribution < -0.4 is 0 Å². The summed E-state index contributed by atoms with van der Waals surface area (Å²) in [6.45, 7) is 0. The summed E-state index contributed by atoms with van der Waals surface area (Å²) in [6, 6.07) is 5.04. The van der Waals surface area contributed by atoms with Crippen LogP contribution in [0.1, 0.15) is 0 Å². The fraction of sp³-hybridized carbons (Fsp3) is 0. The Morgan fingerprint density at radius 2 is 2.08 bits per heavy atom. The van der Waals surface area contributed by atoms with Crippen molar-refractivity contribution in [2.45, 2.75) is 4.21 Å². The normalized spacial score (nSPS) is 10.9. The molecule has 1 aromatic heterocycles. The molecule has 12 heavy (non-hydrogen) atoms. The average Bonchev–Trinajstić information content (AvgIpc) is 2.29. The van der Waals surface area contributed by atoms with E-state index in [0.29, 0.717) is 0 Å². The van der Waals surface area contributed by atoms with Gasteiger partial charge in [-0.1, -0.05) is 0 Å². The number of hydrogen-bond acceptors (Lipinski definition) is 2. The number of benzene rings is 1. The molecule has 0 aliphatic heterocycles. The lowest BCUT2D eigenvalue weighted by atomic mass is 10.3. The second-order valence-electron chi connectivity index (χ2n) is 2.38. The van der Waals surface area contributed by atoms with Crippen LogP contribution in [0.25, 0.3) is 10.1 Å². The highest BCUT2D eigenvalue weighted by molar-refractivity contribution is 14.1. The molecule has 0 atom stereocenters. The van der Waals surface area contributed by atoms with Gasteiger partial charge in [0.2, 0.25) is 0 Å².